The molecule has 1 aromatic rings. The highest BCUT2D eigenvalue weighted by molar-refractivity contribution is 5.69. The maximum absolute atomic E-state index is 12.5. The van der Waals surface area contributed by atoms with Crippen LogP contribution in [0.5, 0.6) is 5.75 Å². The third-order valence-electron chi connectivity index (χ3n) is 3.19. The van der Waals surface area contributed by atoms with Gasteiger partial charge in [0.15, 0.2) is 0 Å². The summed E-state index contributed by atoms with van der Waals surface area (Å²) in [4.78, 5) is 12.6. The molecule has 0 saturated carbocycles. The number of ether oxygens (including phenoxy) is 1. The Kier molecular flexibility index (Phi) is 6.55. The van der Waals surface area contributed by atoms with Crippen LogP contribution in [0, 0.1) is 13.8 Å². The van der Waals surface area contributed by atoms with E-state index < -0.39 is 12.6 Å². The molecule has 118 valence electrons. The van der Waals surface area contributed by atoms with Crippen LogP contribution in [0.25, 0.3) is 0 Å². The summed E-state index contributed by atoms with van der Waals surface area (Å²) in [5.41, 5.74) is 2.39. The fourth-order valence-electron chi connectivity index (χ4n) is 2.14. The van der Waals surface area contributed by atoms with Crippen LogP contribution in [-0.2, 0) is 11.3 Å². The van der Waals surface area contributed by atoms with E-state index in [4.69, 9.17) is 5.11 Å². The molecule has 0 unspecified atom stereocenters. The van der Waals surface area contributed by atoms with Crippen LogP contribution in [0.1, 0.15) is 30.0 Å². The Morgan fingerprint density at radius 1 is 1.33 bits per heavy atom. The molecule has 0 atom stereocenters. The van der Waals surface area contributed by atoms with Crippen molar-refractivity contribution in [3.8, 4) is 5.75 Å². The first-order valence-electron chi connectivity index (χ1n) is 6.82. The van der Waals surface area contributed by atoms with E-state index in [0.717, 1.165) is 17.5 Å². The lowest BCUT2D eigenvalue weighted by Crippen LogP contribution is -2.30. The fraction of sp³-hybridized carbons (Fsp3) is 0.533. The molecule has 0 aliphatic carbocycles. The third-order valence-corrected chi connectivity index (χ3v) is 3.19. The topological polar surface area (TPSA) is 49.8 Å². The zero-order valence-electron chi connectivity index (χ0n) is 12.5. The molecule has 21 heavy (non-hydrogen) atoms. The monoisotopic (exact) mass is 301 g/mol. The van der Waals surface area contributed by atoms with E-state index >= 15 is 0 Å². The number of aliphatic carboxylic acids is 1. The molecule has 0 radical (unpaired) electrons. The molecule has 0 heterocycles. The molecule has 0 spiro atoms. The second-order valence-electron chi connectivity index (χ2n) is 5.03. The Labute approximate surface area is 123 Å². The van der Waals surface area contributed by atoms with Gasteiger partial charge in [-0.15, -0.1) is 0 Å². The highest BCUT2D eigenvalue weighted by Crippen LogP contribution is 2.26. The van der Waals surface area contributed by atoms with E-state index in [-0.39, 0.29) is 18.8 Å². The van der Waals surface area contributed by atoms with Gasteiger partial charge in [-0.25, -0.2) is 0 Å². The second kappa shape index (κ2) is 7.93. The molecule has 4 nitrogen and oxygen atoms in total. The van der Waals surface area contributed by atoms with Crippen molar-refractivity contribution in [1.29, 1.82) is 0 Å². The average Bonchev–Trinajstić information content (AvgIpc) is 2.34. The number of hydrogen-bond donors (Lipinski definition) is 1. The van der Waals surface area contributed by atoms with Crippen LogP contribution in [0.15, 0.2) is 12.1 Å². The molecule has 0 fully saturated rings. The lowest BCUT2D eigenvalue weighted by Gasteiger charge is -2.22. The number of alkyl halides is 2. The second-order valence-corrected chi connectivity index (χ2v) is 5.03. The van der Waals surface area contributed by atoms with Gasteiger partial charge in [0.2, 0.25) is 0 Å². The van der Waals surface area contributed by atoms with Gasteiger partial charge in [-0.05, 0) is 44.0 Å². The zero-order valence-corrected chi connectivity index (χ0v) is 12.5. The predicted octanol–water partition coefficient (Wildman–Crippen LogP) is 3.20. The van der Waals surface area contributed by atoms with Crippen LogP contribution in [0.3, 0.4) is 0 Å². The van der Waals surface area contributed by atoms with Gasteiger partial charge >= 0.3 is 12.6 Å². The third kappa shape index (κ3) is 5.67. The lowest BCUT2D eigenvalue weighted by atomic mass is 10.0. The summed E-state index contributed by atoms with van der Waals surface area (Å²) < 4.78 is 29.6. The molecule has 0 bridgehead atoms. The van der Waals surface area contributed by atoms with Crippen LogP contribution in [0.2, 0.25) is 0 Å². The minimum atomic E-state index is -2.90. The first-order chi connectivity index (χ1) is 9.83. The molecule has 0 saturated heterocycles. The summed E-state index contributed by atoms with van der Waals surface area (Å²) in [7, 11) is 0. The fourth-order valence-corrected chi connectivity index (χ4v) is 2.14. The van der Waals surface area contributed by atoms with Crippen LogP contribution in [0.4, 0.5) is 8.78 Å². The van der Waals surface area contributed by atoms with Crippen LogP contribution >= 0.6 is 0 Å². The van der Waals surface area contributed by atoms with Gasteiger partial charge in [-0.1, -0.05) is 13.0 Å². The van der Waals surface area contributed by atoms with Gasteiger partial charge in [-0.3, -0.25) is 9.69 Å². The number of aryl methyl sites for hydroxylation is 2. The van der Waals surface area contributed by atoms with E-state index in [9.17, 15) is 13.6 Å². The zero-order chi connectivity index (χ0) is 16.0. The number of benzene rings is 1. The Hall–Kier alpha value is -1.69. The first kappa shape index (κ1) is 17.4. The van der Waals surface area contributed by atoms with E-state index in [1.807, 2.05) is 20.8 Å². The van der Waals surface area contributed by atoms with E-state index in [1.54, 1.807) is 17.0 Å². The molecule has 6 heteroatoms. The van der Waals surface area contributed by atoms with E-state index in [2.05, 4.69) is 4.74 Å². The molecule has 0 aliphatic rings. The summed E-state index contributed by atoms with van der Waals surface area (Å²) in [6.07, 6.45) is 0.781. The molecule has 0 aromatic heterocycles. The molecule has 0 amide bonds. The molecule has 1 N–H and O–H groups in total. The molecular formula is C15H21F2NO3. The van der Waals surface area contributed by atoms with Crippen molar-refractivity contribution in [3.63, 3.8) is 0 Å². The summed E-state index contributed by atoms with van der Waals surface area (Å²) in [5, 5.41) is 8.91. The number of carboxylic acid groups (broad SMARTS) is 1. The smallest absolute Gasteiger partial charge is 0.387 e. The number of carbonyl (C=O) groups is 1. The van der Waals surface area contributed by atoms with Crippen molar-refractivity contribution in [3.05, 3.63) is 28.8 Å². The van der Waals surface area contributed by atoms with Crippen molar-refractivity contribution >= 4 is 5.97 Å². The Bertz CT molecular complexity index is 492. The van der Waals surface area contributed by atoms with Crippen molar-refractivity contribution < 1.29 is 23.4 Å². The van der Waals surface area contributed by atoms with Crippen molar-refractivity contribution in [2.45, 2.75) is 40.3 Å². The minimum Gasteiger partial charge on any atom is -0.480 e. The Balaban J connectivity index is 3.02. The minimum absolute atomic E-state index is 0.111. The van der Waals surface area contributed by atoms with Crippen molar-refractivity contribution in [1.82, 2.24) is 4.90 Å². The number of carboxylic acids is 1. The molecular weight excluding hydrogens is 280 g/mol. The molecule has 1 aromatic carbocycles. The SMILES string of the molecule is CCCN(CC(=O)O)Cc1cc(C)c(C)cc1OC(F)F. The molecule has 0 aliphatic heterocycles. The van der Waals surface area contributed by atoms with Gasteiger partial charge in [0, 0.05) is 12.1 Å². The maximum Gasteiger partial charge on any atom is 0.387 e. The summed E-state index contributed by atoms with van der Waals surface area (Å²) in [5.74, 6) is -0.830. The maximum atomic E-state index is 12.5. The van der Waals surface area contributed by atoms with Crippen LogP contribution < -0.4 is 4.74 Å². The molecule has 1 rings (SSSR count). The standard InChI is InChI=1S/C15H21F2NO3/c1-4-5-18(9-14(19)20)8-12-6-10(2)11(3)7-13(12)21-15(16)17/h6-7,15H,4-5,8-9H2,1-3H3,(H,19,20). The van der Waals surface area contributed by atoms with E-state index in [0.29, 0.717) is 12.1 Å². The normalized spacial score (nSPS) is 11.2. The Morgan fingerprint density at radius 2 is 1.95 bits per heavy atom. The first-order valence-corrected chi connectivity index (χ1v) is 6.82. The number of hydrogen-bond acceptors (Lipinski definition) is 3. The quantitative estimate of drug-likeness (QED) is 0.801. The van der Waals surface area contributed by atoms with Gasteiger partial charge in [-0.2, -0.15) is 8.78 Å². The highest BCUT2D eigenvalue weighted by Gasteiger charge is 2.16. The largest absolute Gasteiger partial charge is 0.480 e. The van der Waals surface area contributed by atoms with Gasteiger partial charge in [0.05, 0.1) is 6.54 Å². The highest BCUT2D eigenvalue weighted by atomic mass is 19.3. The lowest BCUT2D eigenvalue weighted by molar-refractivity contribution is -0.138. The number of nitrogens with zero attached hydrogens (tertiary/aromatic N) is 1. The van der Waals surface area contributed by atoms with Crippen molar-refractivity contribution in [2.24, 2.45) is 0 Å². The van der Waals surface area contributed by atoms with Crippen molar-refractivity contribution in [2.75, 3.05) is 13.1 Å². The van der Waals surface area contributed by atoms with Gasteiger partial charge in [0.1, 0.15) is 5.75 Å². The summed E-state index contributed by atoms with van der Waals surface area (Å²) in [6.45, 7) is 3.45. The average molecular weight is 301 g/mol. The Morgan fingerprint density at radius 3 is 2.48 bits per heavy atom. The van der Waals surface area contributed by atoms with Gasteiger partial charge < -0.3 is 9.84 Å². The van der Waals surface area contributed by atoms with Crippen LogP contribution in [-0.4, -0.2) is 35.7 Å². The number of rotatable bonds is 8. The number of halogens is 2. The summed E-state index contributed by atoms with van der Waals surface area (Å²) in [6, 6.07) is 3.35. The predicted molar refractivity (Wildman–Crippen MR) is 75.8 cm³/mol. The summed E-state index contributed by atoms with van der Waals surface area (Å²) >= 11 is 0. The van der Waals surface area contributed by atoms with E-state index in [1.165, 1.54) is 0 Å². The van der Waals surface area contributed by atoms with Gasteiger partial charge in [0.25, 0.3) is 0 Å².